The van der Waals surface area contributed by atoms with E-state index in [4.69, 9.17) is 0 Å². The molecule has 1 fully saturated rings. The SMILES string of the molecule is CC(=O)c1ccc(N2C[C@@H](CS(=O)(=O)N(C)C)[C@@H](O)C2)nc1. The third-order valence-corrected chi connectivity index (χ3v) is 5.83. The molecule has 0 unspecified atom stereocenters. The van der Waals surface area contributed by atoms with Crippen molar-refractivity contribution in [2.75, 3.05) is 37.8 Å². The van der Waals surface area contributed by atoms with Gasteiger partial charge in [0.2, 0.25) is 10.0 Å². The predicted octanol–water partition coefficient (Wildman–Crippen LogP) is -0.0273. The van der Waals surface area contributed by atoms with Gasteiger partial charge in [0, 0.05) is 44.9 Å². The van der Waals surface area contributed by atoms with Gasteiger partial charge >= 0.3 is 0 Å². The minimum atomic E-state index is -3.36. The first-order chi connectivity index (χ1) is 10.2. The maximum Gasteiger partial charge on any atom is 0.214 e. The summed E-state index contributed by atoms with van der Waals surface area (Å²) in [5.74, 6) is 0.120. The highest BCUT2D eigenvalue weighted by Gasteiger charge is 2.35. The number of aromatic nitrogens is 1. The van der Waals surface area contributed by atoms with Gasteiger partial charge in [0.15, 0.2) is 5.78 Å². The number of hydrogen-bond donors (Lipinski definition) is 1. The molecule has 0 aliphatic carbocycles. The second kappa shape index (κ2) is 6.31. The van der Waals surface area contributed by atoms with E-state index in [1.165, 1.54) is 31.5 Å². The lowest BCUT2D eigenvalue weighted by Crippen LogP contribution is -2.33. The average molecular weight is 327 g/mol. The van der Waals surface area contributed by atoms with Crippen LogP contribution in [0.2, 0.25) is 0 Å². The number of aliphatic hydroxyl groups is 1. The summed E-state index contributed by atoms with van der Waals surface area (Å²) in [7, 11) is -0.391. The Bertz CT molecular complexity index is 643. The maximum absolute atomic E-state index is 11.9. The van der Waals surface area contributed by atoms with E-state index >= 15 is 0 Å². The molecule has 1 saturated heterocycles. The fraction of sp³-hybridized carbons (Fsp3) is 0.571. The van der Waals surface area contributed by atoms with Gasteiger partial charge in [0.1, 0.15) is 5.82 Å². The maximum atomic E-state index is 11.9. The van der Waals surface area contributed by atoms with Crippen LogP contribution in [0.1, 0.15) is 17.3 Å². The van der Waals surface area contributed by atoms with Gasteiger partial charge in [-0.3, -0.25) is 4.79 Å². The summed E-state index contributed by atoms with van der Waals surface area (Å²) in [6.45, 7) is 2.22. The monoisotopic (exact) mass is 327 g/mol. The zero-order valence-electron chi connectivity index (χ0n) is 12.9. The van der Waals surface area contributed by atoms with Crippen molar-refractivity contribution in [2.24, 2.45) is 5.92 Å². The molecule has 1 N–H and O–H groups in total. The summed E-state index contributed by atoms with van der Waals surface area (Å²) >= 11 is 0. The first-order valence-electron chi connectivity index (χ1n) is 7.01. The number of aliphatic hydroxyl groups excluding tert-OH is 1. The molecule has 122 valence electrons. The highest BCUT2D eigenvalue weighted by molar-refractivity contribution is 7.89. The molecule has 22 heavy (non-hydrogen) atoms. The Morgan fingerprint density at radius 3 is 2.59 bits per heavy atom. The van der Waals surface area contributed by atoms with E-state index in [-0.39, 0.29) is 17.5 Å². The van der Waals surface area contributed by atoms with Crippen LogP contribution in [0.25, 0.3) is 0 Å². The third-order valence-electron chi connectivity index (χ3n) is 3.87. The standard InChI is InChI=1S/C14H21N3O4S/c1-10(18)11-4-5-14(15-6-11)17-7-12(13(19)8-17)9-22(20,21)16(2)3/h4-6,12-13,19H,7-9H2,1-3H3/t12-,13-/m0/s1. The van der Waals surface area contributed by atoms with Crippen LogP contribution in [0.15, 0.2) is 18.3 Å². The molecular formula is C14H21N3O4S. The van der Waals surface area contributed by atoms with E-state index in [1.54, 1.807) is 12.1 Å². The molecule has 0 spiro atoms. The van der Waals surface area contributed by atoms with Crippen LogP contribution in [-0.2, 0) is 10.0 Å². The number of rotatable bonds is 5. The normalized spacial score (nSPS) is 22.3. The largest absolute Gasteiger partial charge is 0.391 e. The number of anilines is 1. The van der Waals surface area contributed by atoms with Crippen molar-refractivity contribution in [3.05, 3.63) is 23.9 Å². The molecule has 1 aliphatic heterocycles. The number of sulfonamides is 1. The number of Topliss-reactive ketones (excluding diaryl/α,β-unsaturated/α-hetero) is 1. The molecule has 8 heteroatoms. The lowest BCUT2D eigenvalue weighted by molar-refractivity contribution is 0.101. The summed E-state index contributed by atoms with van der Waals surface area (Å²) in [5, 5.41) is 10.1. The first kappa shape index (κ1) is 16.9. The van der Waals surface area contributed by atoms with Gasteiger partial charge in [-0.25, -0.2) is 17.7 Å². The summed E-state index contributed by atoms with van der Waals surface area (Å²) in [6.07, 6.45) is 0.775. The van der Waals surface area contributed by atoms with E-state index in [9.17, 15) is 18.3 Å². The van der Waals surface area contributed by atoms with Crippen LogP contribution >= 0.6 is 0 Å². The Morgan fingerprint density at radius 2 is 2.09 bits per heavy atom. The van der Waals surface area contributed by atoms with E-state index < -0.39 is 16.1 Å². The Morgan fingerprint density at radius 1 is 1.41 bits per heavy atom. The molecule has 0 saturated carbocycles. The van der Waals surface area contributed by atoms with Crippen molar-refractivity contribution in [1.82, 2.24) is 9.29 Å². The minimum absolute atomic E-state index is 0.0598. The van der Waals surface area contributed by atoms with Gasteiger partial charge in [-0.05, 0) is 19.1 Å². The summed E-state index contributed by atoms with van der Waals surface area (Å²) in [6, 6.07) is 3.40. The second-order valence-electron chi connectivity index (χ2n) is 5.75. The Kier molecular flexibility index (Phi) is 4.84. The number of nitrogens with zero attached hydrogens (tertiary/aromatic N) is 3. The second-order valence-corrected chi connectivity index (χ2v) is 7.98. The number of hydrogen-bond acceptors (Lipinski definition) is 6. The van der Waals surface area contributed by atoms with Gasteiger partial charge in [-0.2, -0.15) is 0 Å². The van der Waals surface area contributed by atoms with Crippen molar-refractivity contribution in [3.63, 3.8) is 0 Å². The molecule has 0 bridgehead atoms. The summed E-state index contributed by atoms with van der Waals surface area (Å²) < 4.78 is 25.0. The summed E-state index contributed by atoms with van der Waals surface area (Å²) in [5.41, 5.74) is 0.523. The third kappa shape index (κ3) is 3.63. The van der Waals surface area contributed by atoms with Gasteiger partial charge in [0.25, 0.3) is 0 Å². The molecule has 7 nitrogen and oxygen atoms in total. The molecule has 2 atom stereocenters. The van der Waals surface area contributed by atoms with Crippen LogP contribution in [-0.4, -0.2) is 67.6 Å². The highest BCUT2D eigenvalue weighted by Crippen LogP contribution is 2.24. The molecule has 1 aromatic rings. The lowest BCUT2D eigenvalue weighted by Gasteiger charge is -2.18. The highest BCUT2D eigenvalue weighted by atomic mass is 32.2. The van der Waals surface area contributed by atoms with Crippen molar-refractivity contribution in [2.45, 2.75) is 13.0 Å². The van der Waals surface area contributed by atoms with Crippen molar-refractivity contribution in [3.8, 4) is 0 Å². The number of β-amino-alcohol motifs (C(OH)–C–C–N with tert-alkyl or cyclic N) is 1. The lowest BCUT2D eigenvalue weighted by atomic mass is 10.1. The Hall–Kier alpha value is -1.51. The number of carbonyl (C=O) groups is 1. The molecule has 1 aromatic heterocycles. The average Bonchev–Trinajstić information content (AvgIpc) is 2.79. The van der Waals surface area contributed by atoms with Gasteiger partial charge in [-0.1, -0.05) is 0 Å². The number of ketones is 1. The Balaban J connectivity index is 2.09. The van der Waals surface area contributed by atoms with E-state index in [1.807, 2.05) is 4.90 Å². The van der Waals surface area contributed by atoms with E-state index in [0.29, 0.717) is 24.5 Å². The molecule has 0 amide bonds. The van der Waals surface area contributed by atoms with Crippen LogP contribution < -0.4 is 4.90 Å². The molecule has 0 aromatic carbocycles. The zero-order chi connectivity index (χ0) is 16.5. The van der Waals surface area contributed by atoms with Crippen molar-refractivity contribution in [1.29, 1.82) is 0 Å². The van der Waals surface area contributed by atoms with Gasteiger partial charge in [-0.15, -0.1) is 0 Å². The van der Waals surface area contributed by atoms with E-state index in [2.05, 4.69) is 4.98 Å². The number of carbonyl (C=O) groups excluding carboxylic acids is 1. The van der Waals surface area contributed by atoms with Gasteiger partial charge < -0.3 is 10.0 Å². The topological polar surface area (TPSA) is 90.8 Å². The fourth-order valence-corrected chi connectivity index (χ4v) is 3.57. The van der Waals surface area contributed by atoms with E-state index in [0.717, 1.165) is 0 Å². The minimum Gasteiger partial charge on any atom is -0.391 e. The molecule has 0 radical (unpaired) electrons. The number of pyridine rings is 1. The molecule has 2 rings (SSSR count). The zero-order valence-corrected chi connectivity index (χ0v) is 13.7. The van der Waals surface area contributed by atoms with Crippen LogP contribution in [0.4, 0.5) is 5.82 Å². The molecule has 1 aliphatic rings. The smallest absolute Gasteiger partial charge is 0.214 e. The predicted molar refractivity (Wildman–Crippen MR) is 83.4 cm³/mol. The van der Waals surface area contributed by atoms with Crippen LogP contribution in [0.3, 0.4) is 0 Å². The van der Waals surface area contributed by atoms with Gasteiger partial charge in [0.05, 0.1) is 11.9 Å². The van der Waals surface area contributed by atoms with Crippen molar-refractivity contribution >= 4 is 21.6 Å². The molecule has 2 heterocycles. The quantitative estimate of drug-likeness (QED) is 0.764. The first-order valence-corrected chi connectivity index (χ1v) is 8.62. The summed E-state index contributed by atoms with van der Waals surface area (Å²) in [4.78, 5) is 17.3. The van der Waals surface area contributed by atoms with Crippen LogP contribution in [0, 0.1) is 5.92 Å². The fourth-order valence-electron chi connectivity index (χ4n) is 2.41. The Labute approximate surface area is 130 Å². The van der Waals surface area contributed by atoms with Crippen molar-refractivity contribution < 1.29 is 18.3 Å². The molecular weight excluding hydrogens is 306 g/mol. The van der Waals surface area contributed by atoms with Crippen LogP contribution in [0.5, 0.6) is 0 Å².